The zero-order chi connectivity index (χ0) is 11.4. The van der Waals surface area contributed by atoms with Gasteiger partial charge in [0.25, 0.3) is 0 Å². The first-order valence-electron chi connectivity index (χ1n) is 5.15. The predicted octanol–water partition coefficient (Wildman–Crippen LogP) is 2.36. The lowest BCUT2D eigenvalue weighted by Crippen LogP contribution is -2.17. The van der Waals surface area contributed by atoms with E-state index in [-0.39, 0.29) is 0 Å². The van der Waals surface area contributed by atoms with Crippen molar-refractivity contribution in [3.05, 3.63) is 46.3 Å². The normalized spacial score (nSPS) is 10.9. The first-order chi connectivity index (χ1) is 7.74. The molecule has 0 aromatic carbocycles. The van der Waals surface area contributed by atoms with Crippen LogP contribution in [0.2, 0.25) is 0 Å². The molecule has 84 valence electrons. The van der Waals surface area contributed by atoms with Crippen LogP contribution in [-0.2, 0) is 13.1 Å². The van der Waals surface area contributed by atoms with E-state index in [4.69, 9.17) is 5.73 Å². The van der Waals surface area contributed by atoms with Crippen molar-refractivity contribution < 1.29 is 0 Å². The van der Waals surface area contributed by atoms with E-state index in [1.807, 2.05) is 18.2 Å². The van der Waals surface area contributed by atoms with Crippen molar-refractivity contribution in [2.24, 2.45) is 0 Å². The van der Waals surface area contributed by atoms with Crippen molar-refractivity contribution in [2.75, 3.05) is 12.8 Å². The minimum atomic E-state index is 0.585. The zero-order valence-electron chi connectivity index (χ0n) is 9.26. The van der Waals surface area contributed by atoms with Crippen LogP contribution in [0.5, 0.6) is 0 Å². The number of rotatable bonds is 4. The lowest BCUT2D eigenvalue weighted by atomic mass is 10.3. The maximum absolute atomic E-state index is 5.64. The highest BCUT2D eigenvalue weighted by molar-refractivity contribution is 7.07. The molecule has 3 nitrogen and oxygen atoms in total. The molecule has 4 heteroatoms. The van der Waals surface area contributed by atoms with Crippen LogP contribution < -0.4 is 5.73 Å². The van der Waals surface area contributed by atoms with Gasteiger partial charge in [-0.2, -0.15) is 11.3 Å². The third-order valence-electron chi connectivity index (χ3n) is 2.29. The van der Waals surface area contributed by atoms with Gasteiger partial charge in [0.05, 0.1) is 5.69 Å². The van der Waals surface area contributed by atoms with Crippen LogP contribution in [0.1, 0.15) is 11.3 Å². The van der Waals surface area contributed by atoms with Gasteiger partial charge in [-0.3, -0.25) is 4.90 Å². The minimum absolute atomic E-state index is 0.585. The van der Waals surface area contributed by atoms with E-state index in [0.717, 1.165) is 18.8 Å². The van der Waals surface area contributed by atoms with Crippen LogP contribution in [0, 0.1) is 0 Å². The van der Waals surface area contributed by atoms with Crippen LogP contribution in [0.15, 0.2) is 35.0 Å². The molecule has 0 fully saturated rings. The van der Waals surface area contributed by atoms with Gasteiger partial charge in [0.2, 0.25) is 0 Å². The Hall–Kier alpha value is -1.39. The summed E-state index contributed by atoms with van der Waals surface area (Å²) in [6.07, 6.45) is 0. The van der Waals surface area contributed by atoms with Gasteiger partial charge in [-0.05, 0) is 41.6 Å². The summed E-state index contributed by atoms with van der Waals surface area (Å²) in [4.78, 5) is 6.51. The first-order valence-corrected chi connectivity index (χ1v) is 6.09. The minimum Gasteiger partial charge on any atom is -0.384 e. The highest BCUT2D eigenvalue weighted by atomic mass is 32.1. The fraction of sp³-hybridized carbons (Fsp3) is 0.250. The molecule has 0 aliphatic rings. The van der Waals surface area contributed by atoms with E-state index in [9.17, 15) is 0 Å². The highest BCUT2D eigenvalue weighted by Gasteiger charge is 2.03. The molecular weight excluding hydrogens is 218 g/mol. The molecule has 0 unspecified atom stereocenters. The van der Waals surface area contributed by atoms with Gasteiger partial charge in [-0.1, -0.05) is 6.07 Å². The standard InChI is InChI=1S/C12H15N3S/c1-15(7-10-5-6-16-9-10)8-11-3-2-4-12(13)14-11/h2-6,9H,7-8H2,1H3,(H2,13,14). The Morgan fingerprint density at radius 2 is 2.19 bits per heavy atom. The maximum atomic E-state index is 5.64. The number of anilines is 1. The average Bonchev–Trinajstić information content (AvgIpc) is 2.70. The van der Waals surface area contributed by atoms with Crippen molar-refractivity contribution in [3.8, 4) is 0 Å². The number of nitrogens with two attached hydrogens (primary N) is 1. The molecule has 0 aliphatic carbocycles. The monoisotopic (exact) mass is 233 g/mol. The van der Waals surface area contributed by atoms with E-state index in [1.165, 1.54) is 5.56 Å². The topological polar surface area (TPSA) is 42.1 Å². The lowest BCUT2D eigenvalue weighted by Gasteiger charge is -2.15. The predicted molar refractivity (Wildman–Crippen MR) is 68.1 cm³/mol. The number of hydrogen-bond acceptors (Lipinski definition) is 4. The highest BCUT2D eigenvalue weighted by Crippen LogP contribution is 2.10. The number of thiophene rings is 1. The molecule has 0 spiro atoms. The Balaban J connectivity index is 1.94. The number of pyridine rings is 1. The molecule has 0 bridgehead atoms. The lowest BCUT2D eigenvalue weighted by molar-refractivity contribution is 0.315. The second-order valence-electron chi connectivity index (χ2n) is 3.86. The molecule has 16 heavy (non-hydrogen) atoms. The molecule has 2 N–H and O–H groups in total. The number of nitrogens with zero attached hydrogens (tertiary/aromatic N) is 2. The third-order valence-corrected chi connectivity index (χ3v) is 3.02. The van der Waals surface area contributed by atoms with E-state index < -0.39 is 0 Å². The summed E-state index contributed by atoms with van der Waals surface area (Å²) in [6.45, 7) is 1.76. The van der Waals surface area contributed by atoms with E-state index in [1.54, 1.807) is 11.3 Å². The zero-order valence-corrected chi connectivity index (χ0v) is 10.1. The Morgan fingerprint density at radius 1 is 1.31 bits per heavy atom. The molecule has 0 amide bonds. The first kappa shape index (κ1) is 11.1. The fourth-order valence-corrected chi connectivity index (χ4v) is 2.27. The third kappa shape index (κ3) is 3.05. The van der Waals surface area contributed by atoms with Crippen LogP contribution in [0.3, 0.4) is 0 Å². The smallest absolute Gasteiger partial charge is 0.123 e. The summed E-state index contributed by atoms with van der Waals surface area (Å²) in [6, 6.07) is 7.90. The summed E-state index contributed by atoms with van der Waals surface area (Å²) < 4.78 is 0. The average molecular weight is 233 g/mol. The Morgan fingerprint density at radius 3 is 2.88 bits per heavy atom. The van der Waals surface area contributed by atoms with Crippen LogP contribution in [-0.4, -0.2) is 16.9 Å². The van der Waals surface area contributed by atoms with E-state index in [2.05, 4.69) is 33.8 Å². The summed E-state index contributed by atoms with van der Waals surface area (Å²) in [5, 5.41) is 4.27. The maximum Gasteiger partial charge on any atom is 0.123 e. The van der Waals surface area contributed by atoms with Crippen molar-refractivity contribution in [2.45, 2.75) is 13.1 Å². The van der Waals surface area contributed by atoms with Gasteiger partial charge in [0.1, 0.15) is 5.82 Å². The molecule has 0 saturated heterocycles. The van der Waals surface area contributed by atoms with Gasteiger partial charge in [-0.25, -0.2) is 4.98 Å². The molecule has 0 atom stereocenters. The second-order valence-corrected chi connectivity index (χ2v) is 4.64. The molecule has 2 aromatic rings. The van der Waals surface area contributed by atoms with Crippen LogP contribution >= 0.6 is 11.3 Å². The van der Waals surface area contributed by atoms with Gasteiger partial charge in [0, 0.05) is 13.1 Å². The fourth-order valence-electron chi connectivity index (χ4n) is 1.61. The summed E-state index contributed by atoms with van der Waals surface area (Å²) in [5.41, 5.74) is 8.00. The van der Waals surface area contributed by atoms with Crippen molar-refractivity contribution in [3.63, 3.8) is 0 Å². The Labute approximate surface area is 99.5 Å². The van der Waals surface area contributed by atoms with Gasteiger partial charge < -0.3 is 5.73 Å². The van der Waals surface area contributed by atoms with Crippen molar-refractivity contribution >= 4 is 17.2 Å². The molecule has 2 aromatic heterocycles. The Bertz CT molecular complexity index is 439. The van der Waals surface area contributed by atoms with Gasteiger partial charge in [-0.15, -0.1) is 0 Å². The van der Waals surface area contributed by atoms with Crippen molar-refractivity contribution in [1.82, 2.24) is 9.88 Å². The summed E-state index contributed by atoms with van der Waals surface area (Å²) in [7, 11) is 2.09. The summed E-state index contributed by atoms with van der Waals surface area (Å²) in [5.74, 6) is 0.585. The Kier molecular flexibility index (Phi) is 3.54. The van der Waals surface area contributed by atoms with Crippen LogP contribution in [0.4, 0.5) is 5.82 Å². The van der Waals surface area contributed by atoms with Gasteiger partial charge >= 0.3 is 0 Å². The number of hydrogen-bond donors (Lipinski definition) is 1. The molecule has 0 saturated carbocycles. The van der Waals surface area contributed by atoms with Crippen LogP contribution in [0.25, 0.3) is 0 Å². The molecular formula is C12H15N3S. The molecule has 0 radical (unpaired) electrons. The molecule has 2 rings (SSSR count). The number of aromatic nitrogens is 1. The molecule has 2 heterocycles. The molecule has 0 aliphatic heterocycles. The van der Waals surface area contributed by atoms with E-state index in [0.29, 0.717) is 5.82 Å². The number of nitrogen functional groups attached to an aromatic ring is 1. The van der Waals surface area contributed by atoms with E-state index >= 15 is 0 Å². The van der Waals surface area contributed by atoms with Gasteiger partial charge in [0.15, 0.2) is 0 Å². The largest absolute Gasteiger partial charge is 0.384 e. The summed E-state index contributed by atoms with van der Waals surface area (Å²) >= 11 is 1.73. The SMILES string of the molecule is CN(Cc1ccsc1)Cc1cccc(N)n1. The quantitative estimate of drug-likeness (QED) is 0.881. The van der Waals surface area contributed by atoms with Crippen molar-refractivity contribution in [1.29, 1.82) is 0 Å². The second kappa shape index (κ2) is 5.09.